The van der Waals surface area contributed by atoms with E-state index < -0.39 is 0 Å². The molecule has 1 aromatic carbocycles. The van der Waals surface area contributed by atoms with Gasteiger partial charge in [0.1, 0.15) is 0 Å². The van der Waals surface area contributed by atoms with Crippen molar-refractivity contribution in [2.24, 2.45) is 0 Å². The molecule has 0 aliphatic heterocycles. The molecule has 2 atom stereocenters. The highest BCUT2D eigenvalue weighted by molar-refractivity contribution is 9.10. The van der Waals surface area contributed by atoms with Gasteiger partial charge in [-0.25, -0.2) is 0 Å². The maximum Gasteiger partial charge on any atom is 0.0175 e. The molecule has 0 aliphatic rings. The number of rotatable bonds is 6. The molecule has 2 aromatic rings. The van der Waals surface area contributed by atoms with Crippen molar-refractivity contribution in [2.75, 3.05) is 0 Å². The van der Waals surface area contributed by atoms with Crippen molar-refractivity contribution in [3.63, 3.8) is 0 Å². The van der Waals surface area contributed by atoms with E-state index in [0.717, 1.165) is 17.3 Å². The zero-order valence-electron chi connectivity index (χ0n) is 11.4. The van der Waals surface area contributed by atoms with E-state index >= 15 is 0 Å². The molecule has 0 fully saturated rings. The second-order valence-corrected chi connectivity index (χ2v) is 6.83. The van der Waals surface area contributed by atoms with E-state index in [9.17, 15) is 0 Å². The summed E-state index contributed by atoms with van der Waals surface area (Å²) >= 11 is 5.24. The normalized spacial score (nSPS) is 14.3. The maximum atomic E-state index is 3.67. The minimum absolute atomic E-state index is 0.495. The van der Waals surface area contributed by atoms with Gasteiger partial charge in [-0.15, -0.1) is 0 Å². The average Bonchev–Trinajstić information content (AvgIpc) is 2.84. The predicted molar refractivity (Wildman–Crippen MR) is 87.9 cm³/mol. The van der Waals surface area contributed by atoms with Crippen LogP contribution in [0.4, 0.5) is 0 Å². The maximum absolute atomic E-state index is 3.67. The van der Waals surface area contributed by atoms with Gasteiger partial charge in [0.05, 0.1) is 0 Å². The van der Waals surface area contributed by atoms with E-state index in [2.05, 4.69) is 76.2 Å². The van der Waals surface area contributed by atoms with Crippen LogP contribution >= 0.6 is 27.3 Å². The molecule has 1 nitrogen and oxygen atoms in total. The van der Waals surface area contributed by atoms with E-state index in [1.54, 1.807) is 11.3 Å². The molecular formula is C16H20BrNS. The molecular weight excluding hydrogens is 318 g/mol. The van der Waals surface area contributed by atoms with Crippen LogP contribution < -0.4 is 5.32 Å². The summed E-state index contributed by atoms with van der Waals surface area (Å²) in [6.07, 6.45) is 2.18. The molecule has 1 heterocycles. The van der Waals surface area contributed by atoms with Crippen LogP contribution in [-0.4, -0.2) is 12.1 Å². The minimum Gasteiger partial charge on any atom is -0.311 e. The number of thiophene rings is 1. The first kappa shape index (κ1) is 14.8. The van der Waals surface area contributed by atoms with Crippen LogP contribution in [0.2, 0.25) is 0 Å². The third kappa shape index (κ3) is 5.09. The highest BCUT2D eigenvalue weighted by Gasteiger charge is 2.09. The Labute approximate surface area is 128 Å². The first-order valence-electron chi connectivity index (χ1n) is 6.65. The molecule has 2 unspecified atom stereocenters. The lowest BCUT2D eigenvalue weighted by Gasteiger charge is -2.20. The van der Waals surface area contributed by atoms with Gasteiger partial charge in [-0.2, -0.15) is 11.3 Å². The lowest BCUT2D eigenvalue weighted by atomic mass is 10.0. The molecule has 0 amide bonds. The lowest BCUT2D eigenvalue weighted by molar-refractivity contribution is 0.462. The van der Waals surface area contributed by atoms with Crippen LogP contribution in [0.5, 0.6) is 0 Å². The number of hydrogen-bond donors (Lipinski definition) is 1. The van der Waals surface area contributed by atoms with Crippen LogP contribution in [0, 0.1) is 0 Å². The summed E-state index contributed by atoms with van der Waals surface area (Å²) in [4.78, 5) is 0. The van der Waals surface area contributed by atoms with Gasteiger partial charge in [0, 0.05) is 16.6 Å². The van der Waals surface area contributed by atoms with Crippen LogP contribution in [-0.2, 0) is 12.8 Å². The van der Waals surface area contributed by atoms with Gasteiger partial charge < -0.3 is 5.32 Å². The number of nitrogens with one attached hydrogen (secondary N) is 1. The van der Waals surface area contributed by atoms with Gasteiger partial charge >= 0.3 is 0 Å². The quantitative estimate of drug-likeness (QED) is 0.808. The molecule has 1 aromatic heterocycles. The Morgan fingerprint density at radius 3 is 2.21 bits per heavy atom. The second-order valence-electron chi connectivity index (χ2n) is 5.14. The van der Waals surface area contributed by atoms with Crippen LogP contribution in [0.3, 0.4) is 0 Å². The van der Waals surface area contributed by atoms with Crippen molar-refractivity contribution in [1.82, 2.24) is 5.32 Å². The fraction of sp³-hybridized carbons (Fsp3) is 0.375. The third-order valence-corrected chi connectivity index (χ3v) is 4.41. The summed E-state index contributed by atoms with van der Waals surface area (Å²) in [7, 11) is 0. The Balaban J connectivity index is 1.80. The van der Waals surface area contributed by atoms with E-state index in [1.165, 1.54) is 11.1 Å². The summed E-state index contributed by atoms with van der Waals surface area (Å²) in [5.74, 6) is 0. The van der Waals surface area contributed by atoms with Gasteiger partial charge in [-0.1, -0.05) is 28.1 Å². The van der Waals surface area contributed by atoms with Crippen molar-refractivity contribution >= 4 is 27.3 Å². The van der Waals surface area contributed by atoms with Crippen LogP contribution in [0.15, 0.2) is 45.6 Å². The van der Waals surface area contributed by atoms with E-state index in [-0.39, 0.29) is 0 Å². The standard InChI is InChI=1S/C16H20BrNS/c1-12(9-14-3-5-16(17)6-4-14)18-13(2)10-15-7-8-19-11-15/h3-8,11-13,18H,9-10H2,1-2H3. The lowest BCUT2D eigenvalue weighted by Crippen LogP contribution is -2.37. The van der Waals surface area contributed by atoms with Gasteiger partial charge in [-0.05, 0) is 66.8 Å². The van der Waals surface area contributed by atoms with Crippen LogP contribution in [0.1, 0.15) is 25.0 Å². The SMILES string of the molecule is CC(Cc1ccc(Br)cc1)NC(C)Cc1ccsc1. The van der Waals surface area contributed by atoms with E-state index in [1.807, 2.05) is 0 Å². The Bertz CT molecular complexity index is 478. The zero-order chi connectivity index (χ0) is 13.7. The summed E-state index contributed by atoms with van der Waals surface area (Å²) in [6, 6.07) is 11.8. The monoisotopic (exact) mass is 337 g/mol. The fourth-order valence-electron chi connectivity index (χ4n) is 2.34. The van der Waals surface area contributed by atoms with Gasteiger partial charge in [0.25, 0.3) is 0 Å². The van der Waals surface area contributed by atoms with Crippen molar-refractivity contribution in [1.29, 1.82) is 0 Å². The summed E-state index contributed by atoms with van der Waals surface area (Å²) in [5, 5.41) is 8.05. The molecule has 0 radical (unpaired) electrons. The molecule has 0 spiro atoms. The molecule has 3 heteroatoms. The number of halogens is 1. The summed E-state index contributed by atoms with van der Waals surface area (Å²) in [5.41, 5.74) is 2.81. The Kier molecular flexibility index (Phi) is 5.61. The summed E-state index contributed by atoms with van der Waals surface area (Å²) in [6.45, 7) is 4.52. The molecule has 0 aliphatic carbocycles. The summed E-state index contributed by atoms with van der Waals surface area (Å²) < 4.78 is 1.14. The fourth-order valence-corrected chi connectivity index (χ4v) is 3.29. The molecule has 19 heavy (non-hydrogen) atoms. The Hall–Kier alpha value is -0.640. The topological polar surface area (TPSA) is 12.0 Å². The predicted octanol–water partition coefficient (Wildman–Crippen LogP) is 4.66. The highest BCUT2D eigenvalue weighted by Crippen LogP contribution is 2.13. The van der Waals surface area contributed by atoms with Gasteiger partial charge in [0.2, 0.25) is 0 Å². The molecule has 2 rings (SSSR count). The van der Waals surface area contributed by atoms with Gasteiger partial charge in [0.15, 0.2) is 0 Å². The van der Waals surface area contributed by atoms with Crippen molar-refractivity contribution in [3.05, 3.63) is 56.7 Å². The molecule has 1 N–H and O–H groups in total. The Morgan fingerprint density at radius 2 is 1.63 bits per heavy atom. The minimum atomic E-state index is 0.495. The zero-order valence-corrected chi connectivity index (χ0v) is 13.8. The molecule has 0 bridgehead atoms. The van der Waals surface area contributed by atoms with Gasteiger partial charge in [-0.3, -0.25) is 0 Å². The smallest absolute Gasteiger partial charge is 0.0175 e. The van der Waals surface area contributed by atoms with E-state index in [0.29, 0.717) is 12.1 Å². The van der Waals surface area contributed by atoms with Crippen molar-refractivity contribution in [3.8, 4) is 0 Å². The molecule has 102 valence electrons. The van der Waals surface area contributed by atoms with E-state index in [4.69, 9.17) is 0 Å². The molecule has 0 saturated heterocycles. The Morgan fingerprint density at radius 1 is 1.00 bits per heavy atom. The van der Waals surface area contributed by atoms with Crippen LogP contribution in [0.25, 0.3) is 0 Å². The molecule has 0 saturated carbocycles. The number of hydrogen-bond acceptors (Lipinski definition) is 2. The average molecular weight is 338 g/mol. The first-order valence-corrected chi connectivity index (χ1v) is 8.38. The van der Waals surface area contributed by atoms with Crippen molar-refractivity contribution in [2.45, 2.75) is 38.8 Å². The number of benzene rings is 1. The highest BCUT2D eigenvalue weighted by atomic mass is 79.9. The first-order chi connectivity index (χ1) is 9.13. The second kappa shape index (κ2) is 7.22. The van der Waals surface area contributed by atoms with Crippen molar-refractivity contribution < 1.29 is 0 Å². The third-order valence-electron chi connectivity index (χ3n) is 3.15. The largest absolute Gasteiger partial charge is 0.311 e.